The number of ether oxygens (including phenoxy) is 4. The molecule has 0 radical (unpaired) electrons. The molecular formula is C27H32O5. The van der Waals surface area contributed by atoms with Crippen molar-refractivity contribution in [1.29, 1.82) is 0 Å². The van der Waals surface area contributed by atoms with E-state index in [-0.39, 0.29) is 18.4 Å². The molecule has 5 heteroatoms. The van der Waals surface area contributed by atoms with E-state index in [1.165, 1.54) is 0 Å². The molecule has 0 aliphatic rings. The number of hydrogen-bond acceptors (Lipinski definition) is 5. The van der Waals surface area contributed by atoms with Crippen molar-refractivity contribution in [3.8, 4) is 23.0 Å². The van der Waals surface area contributed by atoms with Crippen LogP contribution in [-0.2, 0) is 0 Å². The lowest BCUT2D eigenvalue weighted by Crippen LogP contribution is -2.17. The Bertz CT molecular complexity index is 1060. The topological polar surface area (TPSA) is 57.2 Å². The summed E-state index contributed by atoms with van der Waals surface area (Å²) in [4.78, 5) is 0. The second-order valence-corrected chi connectivity index (χ2v) is 7.84. The molecular weight excluding hydrogens is 404 g/mol. The molecule has 3 aromatic carbocycles. The molecule has 0 aliphatic heterocycles. The molecule has 170 valence electrons. The molecule has 0 amide bonds. The van der Waals surface area contributed by atoms with Crippen molar-refractivity contribution in [3.05, 3.63) is 82.4 Å². The van der Waals surface area contributed by atoms with Gasteiger partial charge in [-0.2, -0.15) is 0 Å². The van der Waals surface area contributed by atoms with Gasteiger partial charge in [-0.3, -0.25) is 0 Å². The fourth-order valence-corrected chi connectivity index (χ4v) is 4.27. The van der Waals surface area contributed by atoms with Crippen molar-refractivity contribution in [2.75, 3.05) is 35.0 Å². The number of rotatable bonds is 9. The fraction of sp³-hybridized carbons (Fsp3) is 0.333. The van der Waals surface area contributed by atoms with Gasteiger partial charge < -0.3 is 24.1 Å². The lowest BCUT2D eigenvalue weighted by molar-refractivity contribution is 0.254. The maximum atomic E-state index is 10.6. The van der Waals surface area contributed by atoms with Gasteiger partial charge in [-0.05, 0) is 65.9 Å². The van der Waals surface area contributed by atoms with Gasteiger partial charge in [-0.25, -0.2) is 0 Å². The zero-order chi connectivity index (χ0) is 23.3. The van der Waals surface area contributed by atoms with Crippen molar-refractivity contribution in [3.63, 3.8) is 0 Å². The Morgan fingerprint density at radius 3 is 1.72 bits per heavy atom. The minimum absolute atomic E-state index is 0.0403. The van der Waals surface area contributed by atoms with E-state index in [0.29, 0.717) is 11.5 Å². The molecule has 0 spiro atoms. The minimum atomic E-state index is -0.213. The third kappa shape index (κ3) is 4.68. The van der Waals surface area contributed by atoms with Crippen LogP contribution in [0.2, 0.25) is 0 Å². The van der Waals surface area contributed by atoms with Gasteiger partial charge in [-0.15, -0.1) is 0 Å². The summed E-state index contributed by atoms with van der Waals surface area (Å²) in [7, 11) is 6.58. The molecule has 0 heterocycles. The summed E-state index contributed by atoms with van der Waals surface area (Å²) < 4.78 is 22.0. The van der Waals surface area contributed by atoms with Crippen LogP contribution in [0.1, 0.15) is 39.7 Å². The number of benzene rings is 3. The lowest BCUT2D eigenvalue weighted by atomic mass is 9.77. The predicted molar refractivity (Wildman–Crippen MR) is 127 cm³/mol. The first-order valence-corrected chi connectivity index (χ1v) is 10.6. The Labute approximate surface area is 190 Å². The molecule has 0 bridgehead atoms. The molecule has 3 rings (SSSR count). The van der Waals surface area contributed by atoms with E-state index in [1.807, 2.05) is 38.1 Å². The third-order valence-corrected chi connectivity index (χ3v) is 6.00. The van der Waals surface area contributed by atoms with Gasteiger partial charge in [0.2, 0.25) is 0 Å². The van der Waals surface area contributed by atoms with Gasteiger partial charge >= 0.3 is 0 Å². The Hall–Kier alpha value is -3.18. The van der Waals surface area contributed by atoms with Crippen LogP contribution in [-0.4, -0.2) is 40.2 Å². The Morgan fingerprint density at radius 2 is 1.12 bits per heavy atom. The molecule has 2 unspecified atom stereocenters. The standard InChI is InChI=1S/C27H32O5/c1-17-7-8-21(15-25(17)31-5)27(20-10-11-23(29-3)18(2)13-20)22(16-28)19-9-12-24(30-4)26(14-19)32-6/h7-15,22,27-28H,16H2,1-6H3. The van der Waals surface area contributed by atoms with Crippen LogP contribution >= 0.6 is 0 Å². The smallest absolute Gasteiger partial charge is 0.160 e. The van der Waals surface area contributed by atoms with Crippen molar-refractivity contribution < 1.29 is 24.1 Å². The highest BCUT2D eigenvalue weighted by molar-refractivity contribution is 5.49. The van der Waals surface area contributed by atoms with Crippen LogP contribution in [0.15, 0.2) is 54.6 Å². The molecule has 0 aromatic heterocycles. The first-order valence-electron chi connectivity index (χ1n) is 10.6. The van der Waals surface area contributed by atoms with E-state index < -0.39 is 0 Å². The summed E-state index contributed by atoms with van der Waals surface area (Å²) in [6.07, 6.45) is 0. The largest absolute Gasteiger partial charge is 0.496 e. The van der Waals surface area contributed by atoms with Crippen LogP contribution in [0, 0.1) is 13.8 Å². The van der Waals surface area contributed by atoms with Crippen LogP contribution in [0.25, 0.3) is 0 Å². The normalized spacial score (nSPS) is 12.7. The van der Waals surface area contributed by atoms with E-state index in [1.54, 1.807) is 28.4 Å². The number of aliphatic hydroxyl groups is 1. The summed E-state index contributed by atoms with van der Waals surface area (Å²) in [6, 6.07) is 18.2. The van der Waals surface area contributed by atoms with Crippen molar-refractivity contribution in [2.45, 2.75) is 25.7 Å². The highest BCUT2D eigenvalue weighted by Gasteiger charge is 2.28. The van der Waals surface area contributed by atoms with Gasteiger partial charge in [0.25, 0.3) is 0 Å². The predicted octanol–water partition coefficient (Wildman–Crippen LogP) is 5.25. The maximum absolute atomic E-state index is 10.6. The van der Waals surface area contributed by atoms with Gasteiger partial charge in [0.05, 0.1) is 35.0 Å². The number of aryl methyl sites for hydroxylation is 2. The van der Waals surface area contributed by atoms with Gasteiger partial charge in [0, 0.05) is 11.8 Å². The molecule has 0 fully saturated rings. The van der Waals surface area contributed by atoms with E-state index in [9.17, 15) is 5.11 Å². The van der Waals surface area contributed by atoms with Crippen LogP contribution in [0.5, 0.6) is 23.0 Å². The van der Waals surface area contributed by atoms with Crippen molar-refractivity contribution in [2.24, 2.45) is 0 Å². The SMILES string of the molecule is COc1ccc(C(c2ccc(C)c(OC)c2)C(CO)c2ccc(OC)c(OC)c2)cc1C. The molecule has 0 saturated carbocycles. The molecule has 1 N–H and O–H groups in total. The highest BCUT2D eigenvalue weighted by atomic mass is 16.5. The summed E-state index contributed by atoms with van der Waals surface area (Å²) in [6.45, 7) is 4.01. The quantitative estimate of drug-likeness (QED) is 0.497. The molecule has 32 heavy (non-hydrogen) atoms. The average molecular weight is 437 g/mol. The second-order valence-electron chi connectivity index (χ2n) is 7.84. The number of aliphatic hydroxyl groups excluding tert-OH is 1. The minimum Gasteiger partial charge on any atom is -0.496 e. The van der Waals surface area contributed by atoms with Crippen LogP contribution in [0.4, 0.5) is 0 Å². The monoisotopic (exact) mass is 436 g/mol. The third-order valence-electron chi connectivity index (χ3n) is 6.00. The zero-order valence-corrected chi connectivity index (χ0v) is 19.6. The summed E-state index contributed by atoms with van der Waals surface area (Å²) in [5.74, 6) is 2.62. The van der Waals surface area contributed by atoms with Crippen LogP contribution < -0.4 is 18.9 Å². The van der Waals surface area contributed by atoms with Gasteiger partial charge in [0.1, 0.15) is 11.5 Å². The average Bonchev–Trinajstić information content (AvgIpc) is 2.82. The summed E-state index contributed by atoms with van der Waals surface area (Å²) in [5.41, 5.74) is 5.21. The van der Waals surface area contributed by atoms with Crippen molar-refractivity contribution >= 4 is 0 Å². The van der Waals surface area contributed by atoms with E-state index >= 15 is 0 Å². The second kappa shape index (κ2) is 10.4. The lowest BCUT2D eigenvalue weighted by Gasteiger charge is -2.29. The van der Waals surface area contributed by atoms with E-state index in [4.69, 9.17) is 18.9 Å². The molecule has 5 nitrogen and oxygen atoms in total. The van der Waals surface area contributed by atoms with E-state index in [2.05, 4.69) is 30.3 Å². The Balaban J connectivity index is 2.19. The summed E-state index contributed by atoms with van der Waals surface area (Å²) in [5, 5.41) is 10.6. The maximum Gasteiger partial charge on any atom is 0.160 e. The number of hydrogen-bond donors (Lipinski definition) is 1. The molecule has 3 aromatic rings. The van der Waals surface area contributed by atoms with Crippen LogP contribution in [0.3, 0.4) is 0 Å². The van der Waals surface area contributed by atoms with E-state index in [0.717, 1.165) is 39.3 Å². The summed E-state index contributed by atoms with van der Waals surface area (Å²) >= 11 is 0. The first kappa shape index (κ1) is 23.5. The molecule has 0 aliphatic carbocycles. The fourth-order valence-electron chi connectivity index (χ4n) is 4.27. The zero-order valence-electron chi connectivity index (χ0n) is 19.6. The molecule has 0 saturated heterocycles. The Kier molecular flexibility index (Phi) is 7.65. The molecule has 2 atom stereocenters. The first-order chi connectivity index (χ1) is 15.5. The van der Waals surface area contributed by atoms with Gasteiger partial charge in [0.15, 0.2) is 11.5 Å². The van der Waals surface area contributed by atoms with Crippen molar-refractivity contribution in [1.82, 2.24) is 0 Å². The Morgan fingerprint density at radius 1 is 0.594 bits per heavy atom. The van der Waals surface area contributed by atoms with Gasteiger partial charge in [-0.1, -0.05) is 30.3 Å². The highest BCUT2D eigenvalue weighted by Crippen LogP contribution is 2.43. The number of methoxy groups -OCH3 is 4.